The summed E-state index contributed by atoms with van der Waals surface area (Å²) in [7, 11) is 1.81. The molecule has 1 fully saturated rings. The number of fused-ring (bicyclic) bond motifs is 2. The zero-order valence-corrected chi connectivity index (χ0v) is 24.3. The van der Waals surface area contributed by atoms with Gasteiger partial charge in [0.05, 0.1) is 23.3 Å². The van der Waals surface area contributed by atoms with E-state index < -0.39 is 12.5 Å². The highest BCUT2D eigenvalue weighted by atomic mass is 19.4. The third kappa shape index (κ3) is 7.11. The fourth-order valence-electron chi connectivity index (χ4n) is 5.24. The molecule has 9 nitrogen and oxygen atoms in total. The van der Waals surface area contributed by atoms with Crippen molar-refractivity contribution in [3.05, 3.63) is 71.9 Å². The fraction of sp³-hybridized carbons (Fsp3) is 0.312. The van der Waals surface area contributed by atoms with E-state index >= 15 is 0 Å². The van der Waals surface area contributed by atoms with Crippen molar-refractivity contribution in [1.29, 1.82) is 5.26 Å². The molecule has 0 unspecified atom stereocenters. The van der Waals surface area contributed by atoms with Crippen LogP contribution >= 0.6 is 0 Å². The van der Waals surface area contributed by atoms with Gasteiger partial charge in [-0.05, 0) is 80.1 Å². The summed E-state index contributed by atoms with van der Waals surface area (Å²) in [6.07, 6.45) is -2.37. The highest BCUT2D eigenvalue weighted by Gasteiger charge is 2.25. The number of ether oxygens (including phenoxy) is 1. The molecule has 6 rings (SSSR count). The molecule has 5 aromatic rings. The van der Waals surface area contributed by atoms with E-state index in [1.54, 1.807) is 4.68 Å². The number of carbonyl (C=O) groups excluding carboxylic acids is 1. The molecule has 0 amide bonds. The highest BCUT2D eigenvalue weighted by Crippen LogP contribution is 2.29. The van der Waals surface area contributed by atoms with Crippen molar-refractivity contribution >= 4 is 34.0 Å². The molecule has 4 heterocycles. The van der Waals surface area contributed by atoms with Crippen molar-refractivity contribution in [3.63, 3.8) is 0 Å². The number of piperidine rings is 1. The van der Waals surface area contributed by atoms with Gasteiger partial charge in [0.1, 0.15) is 23.2 Å². The molecular weight excluding hydrogens is 571 g/mol. The number of halogens is 3. The molecular formula is C32H30F3N7O2. The number of pyridine rings is 2. The Morgan fingerprint density at radius 2 is 1.82 bits per heavy atom. The van der Waals surface area contributed by atoms with E-state index in [0.717, 1.165) is 71.8 Å². The summed E-state index contributed by atoms with van der Waals surface area (Å²) in [6.45, 7) is 4.79. The van der Waals surface area contributed by atoms with Gasteiger partial charge in [-0.15, -0.1) is 5.10 Å². The molecule has 0 N–H and O–H groups in total. The maximum absolute atomic E-state index is 10.4. The first-order valence-corrected chi connectivity index (χ1v) is 14.1. The van der Waals surface area contributed by atoms with Gasteiger partial charge in [-0.1, -0.05) is 23.4 Å². The topological polar surface area (TPSA) is 110 Å². The molecule has 1 saturated heterocycles. The Labute approximate surface area is 251 Å². The van der Waals surface area contributed by atoms with E-state index in [4.69, 9.17) is 14.5 Å². The predicted octanol–water partition coefficient (Wildman–Crippen LogP) is 6.19. The lowest BCUT2D eigenvalue weighted by atomic mass is 9.94. The van der Waals surface area contributed by atoms with Crippen molar-refractivity contribution in [2.45, 2.75) is 32.4 Å². The van der Waals surface area contributed by atoms with E-state index in [1.807, 2.05) is 38.2 Å². The molecule has 1 aliphatic rings. The van der Waals surface area contributed by atoms with Crippen LogP contribution in [0.3, 0.4) is 0 Å². The summed E-state index contributed by atoms with van der Waals surface area (Å²) in [4.78, 5) is 20.5. The van der Waals surface area contributed by atoms with Crippen molar-refractivity contribution in [3.8, 4) is 23.1 Å². The molecule has 2 aromatic carbocycles. The largest absolute Gasteiger partial charge is 0.493 e. The predicted molar refractivity (Wildman–Crippen MR) is 160 cm³/mol. The van der Waals surface area contributed by atoms with Gasteiger partial charge in [0.15, 0.2) is 5.69 Å². The Bertz CT molecular complexity index is 1820. The fourth-order valence-corrected chi connectivity index (χ4v) is 5.24. The van der Waals surface area contributed by atoms with Crippen LogP contribution in [0.2, 0.25) is 0 Å². The summed E-state index contributed by atoms with van der Waals surface area (Å²) in [6, 6.07) is 22.7. The lowest BCUT2D eigenvalue weighted by molar-refractivity contribution is -0.156. The Kier molecular flexibility index (Phi) is 9.04. The second-order valence-electron chi connectivity index (χ2n) is 10.6. The smallest absolute Gasteiger partial charge is 0.446 e. The van der Waals surface area contributed by atoms with Crippen LogP contribution in [0.15, 0.2) is 60.7 Å². The number of benzene rings is 2. The van der Waals surface area contributed by atoms with Crippen molar-refractivity contribution in [1.82, 2.24) is 25.0 Å². The maximum Gasteiger partial charge on any atom is 0.446 e. The SMILES string of the molecule is Cc1cc(-c2cc3c(nnn3C)c(C#N)n2)ccc1OCCC1CCN(c2ccc3ccccc3n2)CC1.O=CC(F)(F)F. The summed E-state index contributed by atoms with van der Waals surface area (Å²) < 4.78 is 39.1. The second kappa shape index (κ2) is 13.1. The number of aryl methyl sites for hydroxylation is 2. The molecule has 0 atom stereocenters. The van der Waals surface area contributed by atoms with E-state index in [1.165, 1.54) is 5.39 Å². The van der Waals surface area contributed by atoms with Crippen LogP contribution in [0.25, 0.3) is 33.2 Å². The van der Waals surface area contributed by atoms with Crippen molar-refractivity contribution in [2.24, 2.45) is 13.0 Å². The third-order valence-electron chi connectivity index (χ3n) is 7.62. The number of para-hydroxylation sites is 1. The number of nitrogens with zero attached hydrogens (tertiary/aromatic N) is 7. The van der Waals surface area contributed by atoms with Crippen LogP contribution < -0.4 is 9.64 Å². The standard InChI is InChI=1S/C30H29N7O.C2HF3O/c1-20-17-23(25-18-27-30(26(19-31)32-25)34-35-36(27)2)7-9-28(20)38-16-13-21-11-14-37(15-12-21)29-10-8-22-5-3-4-6-24(22)33-29;3-2(4,5)1-6/h3-10,17-18,21H,11-16H2,1-2H3;1H. The van der Waals surface area contributed by atoms with E-state index in [0.29, 0.717) is 18.0 Å². The van der Waals surface area contributed by atoms with Crippen molar-refractivity contribution < 1.29 is 22.7 Å². The van der Waals surface area contributed by atoms with Crippen LogP contribution in [0.4, 0.5) is 19.0 Å². The summed E-state index contributed by atoms with van der Waals surface area (Å²) in [5.41, 5.74) is 5.35. The van der Waals surface area contributed by atoms with E-state index in [9.17, 15) is 18.4 Å². The number of alkyl halides is 3. The molecule has 0 spiro atoms. The van der Waals surface area contributed by atoms with Gasteiger partial charge in [-0.3, -0.25) is 4.79 Å². The number of nitriles is 1. The molecule has 3 aromatic heterocycles. The first kappa shape index (κ1) is 30.4. The third-order valence-corrected chi connectivity index (χ3v) is 7.62. The molecule has 0 radical (unpaired) electrons. The van der Waals surface area contributed by atoms with Gasteiger partial charge in [-0.25, -0.2) is 14.6 Å². The minimum Gasteiger partial charge on any atom is -0.493 e. The first-order valence-electron chi connectivity index (χ1n) is 14.1. The molecule has 226 valence electrons. The van der Waals surface area contributed by atoms with Crippen LogP contribution in [0.1, 0.15) is 30.5 Å². The lowest BCUT2D eigenvalue weighted by Crippen LogP contribution is -2.34. The second-order valence-corrected chi connectivity index (χ2v) is 10.6. The Balaban J connectivity index is 0.000000584. The molecule has 0 bridgehead atoms. The summed E-state index contributed by atoms with van der Waals surface area (Å²) >= 11 is 0. The van der Waals surface area contributed by atoms with Gasteiger partial charge in [0.25, 0.3) is 0 Å². The monoisotopic (exact) mass is 601 g/mol. The number of hydrogen-bond acceptors (Lipinski definition) is 8. The number of aldehydes is 1. The van der Waals surface area contributed by atoms with Crippen LogP contribution in [-0.2, 0) is 11.8 Å². The minimum absolute atomic E-state index is 0.283. The molecule has 0 saturated carbocycles. The average molecular weight is 602 g/mol. The quantitative estimate of drug-likeness (QED) is 0.212. The molecule has 44 heavy (non-hydrogen) atoms. The van der Waals surface area contributed by atoms with Crippen molar-refractivity contribution in [2.75, 3.05) is 24.6 Å². The molecule has 0 aliphatic carbocycles. The zero-order valence-electron chi connectivity index (χ0n) is 24.3. The molecule has 1 aliphatic heterocycles. The average Bonchev–Trinajstić information content (AvgIpc) is 3.41. The van der Waals surface area contributed by atoms with Gasteiger partial charge in [0.2, 0.25) is 6.29 Å². The Morgan fingerprint density at radius 3 is 2.52 bits per heavy atom. The van der Waals surface area contributed by atoms with E-state index in [2.05, 4.69) is 62.7 Å². The van der Waals surface area contributed by atoms with Crippen LogP contribution in [0, 0.1) is 24.2 Å². The number of carbonyl (C=O) groups is 1. The molecule has 12 heteroatoms. The van der Waals surface area contributed by atoms with Gasteiger partial charge >= 0.3 is 6.18 Å². The number of hydrogen-bond donors (Lipinski definition) is 0. The summed E-state index contributed by atoms with van der Waals surface area (Å²) in [5.74, 6) is 2.61. The van der Waals surface area contributed by atoms with Gasteiger partial charge < -0.3 is 9.64 Å². The van der Waals surface area contributed by atoms with Crippen LogP contribution in [0.5, 0.6) is 5.75 Å². The number of aromatic nitrogens is 5. The summed E-state index contributed by atoms with van der Waals surface area (Å²) in [5, 5.41) is 18.8. The van der Waals surface area contributed by atoms with Gasteiger partial charge in [0, 0.05) is 31.1 Å². The Hall–Kier alpha value is -5.05. The number of anilines is 1. The number of rotatable bonds is 6. The van der Waals surface area contributed by atoms with E-state index in [-0.39, 0.29) is 5.69 Å². The maximum atomic E-state index is 10.4. The zero-order chi connectivity index (χ0) is 31.3. The van der Waals surface area contributed by atoms with Gasteiger partial charge in [-0.2, -0.15) is 18.4 Å². The normalized spacial score (nSPS) is 13.8. The minimum atomic E-state index is -4.64. The lowest BCUT2D eigenvalue weighted by Gasteiger charge is -2.33. The van der Waals surface area contributed by atoms with Crippen LogP contribution in [-0.4, -0.2) is 57.1 Å². The Morgan fingerprint density at radius 1 is 1.07 bits per heavy atom. The first-order chi connectivity index (χ1) is 21.1. The highest BCUT2D eigenvalue weighted by molar-refractivity contribution is 5.83.